The molecule has 0 aliphatic heterocycles. The molecule has 0 aliphatic carbocycles. The van der Waals surface area contributed by atoms with Gasteiger partial charge in [0.15, 0.2) is 0 Å². The summed E-state index contributed by atoms with van der Waals surface area (Å²) in [6, 6.07) is 0. The van der Waals surface area contributed by atoms with Gasteiger partial charge in [0.2, 0.25) is 6.33 Å². The van der Waals surface area contributed by atoms with Crippen LogP contribution in [0.3, 0.4) is 0 Å². The molecule has 20 heavy (non-hydrogen) atoms. The van der Waals surface area contributed by atoms with E-state index < -0.39 is 5.60 Å². The molecule has 0 atom stereocenters. The number of alkyl halides is 1. The molecule has 0 unspecified atom stereocenters. The highest BCUT2D eigenvalue weighted by molar-refractivity contribution is 9.09. The van der Waals surface area contributed by atoms with Crippen LogP contribution in [-0.4, -0.2) is 28.1 Å². The van der Waals surface area contributed by atoms with Gasteiger partial charge in [0, 0.05) is 5.33 Å². The molecular formula is C13H23Br2N3O2. The van der Waals surface area contributed by atoms with Crippen molar-refractivity contribution in [1.82, 2.24) is 9.88 Å². The third-order valence-corrected chi connectivity index (χ3v) is 2.90. The molecule has 7 heteroatoms. The molecule has 0 fully saturated rings. The maximum absolute atomic E-state index is 11.4. The smallest absolute Gasteiger partial charge is 0.407 e. The number of aryl methyl sites for hydroxylation is 1. The Hall–Kier alpha value is -0.560. The van der Waals surface area contributed by atoms with Gasteiger partial charge in [-0.15, -0.1) is 0 Å². The predicted molar refractivity (Wildman–Crippen MR) is 77.3 cm³/mol. The van der Waals surface area contributed by atoms with Crippen LogP contribution in [0.2, 0.25) is 0 Å². The fourth-order valence-electron chi connectivity index (χ4n) is 1.55. The predicted octanol–water partition coefficient (Wildman–Crippen LogP) is -0.911. The summed E-state index contributed by atoms with van der Waals surface area (Å²) in [5.74, 6) is 0. The van der Waals surface area contributed by atoms with E-state index in [-0.39, 0.29) is 23.1 Å². The Kier molecular flexibility index (Phi) is 9.13. The van der Waals surface area contributed by atoms with Crippen LogP contribution in [0.5, 0.6) is 0 Å². The highest BCUT2D eigenvalue weighted by atomic mass is 79.9. The Morgan fingerprint density at radius 1 is 1.45 bits per heavy atom. The Morgan fingerprint density at radius 2 is 2.15 bits per heavy atom. The second-order valence-corrected chi connectivity index (χ2v) is 6.15. The number of hydrogen-bond acceptors (Lipinski definition) is 2. The molecule has 1 heterocycles. The van der Waals surface area contributed by atoms with E-state index in [2.05, 4.69) is 25.8 Å². The number of amides is 1. The van der Waals surface area contributed by atoms with Crippen molar-refractivity contribution in [3.63, 3.8) is 0 Å². The van der Waals surface area contributed by atoms with E-state index in [0.717, 1.165) is 24.8 Å². The zero-order valence-corrected chi connectivity index (χ0v) is 15.4. The SMILES string of the molecule is CC(C)(C)OC(=O)NCC[n+]1ccn(CCCBr)c1.[Br-]. The van der Waals surface area contributed by atoms with Crippen LogP contribution < -0.4 is 26.9 Å². The van der Waals surface area contributed by atoms with Gasteiger partial charge in [-0.05, 0) is 27.2 Å². The minimum absolute atomic E-state index is 0. The van der Waals surface area contributed by atoms with Gasteiger partial charge < -0.3 is 27.0 Å². The minimum Gasteiger partial charge on any atom is -1.00 e. The van der Waals surface area contributed by atoms with Crippen LogP contribution in [-0.2, 0) is 17.8 Å². The van der Waals surface area contributed by atoms with E-state index in [1.54, 1.807) is 0 Å². The molecule has 0 saturated carbocycles. The van der Waals surface area contributed by atoms with E-state index >= 15 is 0 Å². The average Bonchev–Trinajstić information content (AvgIpc) is 2.72. The van der Waals surface area contributed by atoms with Crippen molar-refractivity contribution in [1.29, 1.82) is 0 Å². The molecular weight excluding hydrogens is 390 g/mol. The zero-order valence-electron chi connectivity index (χ0n) is 12.2. The quantitative estimate of drug-likeness (QED) is 0.485. The van der Waals surface area contributed by atoms with Gasteiger partial charge >= 0.3 is 6.09 Å². The molecule has 0 saturated heterocycles. The van der Waals surface area contributed by atoms with Crippen molar-refractivity contribution in [2.45, 2.75) is 45.9 Å². The van der Waals surface area contributed by atoms with Crippen molar-refractivity contribution in [3.05, 3.63) is 18.7 Å². The summed E-state index contributed by atoms with van der Waals surface area (Å²) in [5, 5.41) is 3.75. The van der Waals surface area contributed by atoms with Crippen LogP contribution >= 0.6 is 15.9 Å². The van der Waals surface area contributed by atoms with E-state index in [0.29, 0.717) is 6.54 Å². The van der Waals surface area contributed by atoms with Crippen molar-refractivity contribution >= 4 is 22.0 Å². The fourth-order valence-corrected chi connectivity index (χ4v) is 1.80. The number of rotatable bonds is 6. The first-order valence-corrected chi connectivity index (χ1v) is 7.60. The lowest BCUT2D eigenvalue weighted by molar-refractivity contribution is -0.694. The van der Waals surface area contributed by atoms with Gasteiger partial charge in [-0.3, -0.25) is 0 Å². The van der Waals surface area contributed by atoms with Crippen molar-refractivity contribution in [3.8, 4) is 0 Å². The van der Waals surface area contributed by atoms with E-state index in [1.807, 2.05) is 44.1 Å². The number of carbonyl (C=O) groups is 1. The lowest BCUT2D eigenvalue weighted by Gasteiger charge is -2.19. The Balaban J connectivity index is 0.00000361. The van der Waals surface area contributed by atoms with Crippen LogP contribution in [0, 0.1) is 0 Å². The summed E-state index contributed by atoms with van der Waals surface area (Å²) < 4.78 is 9.35. The van der Waals surface area contributed by atoms with Crippen LogP contribution in [0.1, 0.15) is 27.2 Å². The average molecular weight is 413 g/mol. The van der Waals surface area contributed by atoms with Gasteiger partial charge in [0.1, 0.15) is 24.5 Å². The molecule has 0 aromatic carbocycles. The molecule has 1 rings (SSSR count). The lowest BCUT2D eigenvalue weighted by Crippen LogP contribution is -3.00. The van der Waals surface area contributed by atoms with Crippen molar-refractivity contribution in [2.24, 2.45) is 0 Å². The number of imidazole rings is 1. The second-order valence-electron chi connectivity index (χ2n) is 5.36. The van der Waals surface area contributed by atoms with Crippen molar-refractivity contribution < 1.29 is 31.1 Å². The van der Waals surface area contributed by atoms with E-state index in [4.69, 9.17) is 4.74 Å². The van der Waals surface area contributed by atoms with Crippen LogP contribution in [0.15, 0.2) is 18.7 Å². The summed E-state index contributed by atoms with van der Waals surface area (Å²) in [5.41, 5.74) is -0.448. The van der Waals surface area contributed by atoms with Gasteiger partial charge in [-0.1, -0.05) is 15.9 Å². The minimum atomic E-state index is -0.448. The summed E-state index contributed by atoms with van der Waals surface area (Å²) in [6.07, 6.45) is 6.82. The number of aromatic nitrogens is 2. The van der Waals surface area contributed by atoms with Crippen LogP contribution in [0.25, 0.3) is 0 Å². The fraction of sp³-hybridized carbons (Fsp3) is 0.692. The number of ether oxygens (including phenoxy) is 1. The Labute approximate surface area is 139 Å². The number of hydrogen-bond donors (Lipinski definition) is 1. The first-order valence-electron chi connectivity index (χ1n) is 6.48. The molecule has 1 amide bonds. The maximum atomic E-state index is 11.4. The maximum Gasteiger partial charge on any atom is 0.407 e. The molecule has 0 radical (unpaired) electrons. The lowest BCUT2D eigenvalue weighted by atomic mass is 10.2. The van der Waals surface area contributed by atoms with E-state index in [9.17, 15) is 4.79 Å². The monoisotopic (exact) mass is 411 g/mol. The van der Waals surface area contributed by atoms with Gasteiger partial charge in [0.05, 0.1) is 13.1 Å². The molecule has 1 N–H and O–H groups in total. The molecule has 5 nitrogen and oxygen atoms in total. The summed E-state index contributed by atoms with van der Waals surface area (Å²) in [7, 11) is 0. The first-order chi connectivity index (χ1) is 8.90. The second kappa shape index (κ2) is 9.39. The van der Waals surface area contributed by atoms with E-state index in [1.165, 1.54) is 0 Å². The van der Waals surface area contributed by atoms with Crippen molar-refractivity contribution in [2.75, 3.05) is 11.9 Å². The number of alkyl carbamates (subject to hydrolysis) is 1. The molecule has 0 bridgehead atoms. The zero-order chi connectivity index (χ0) is 14.3. The molecule has 1 aromatic heterocycles. The summed E-state index contributed by atoms with van der Waals surface area (Å²) in [4.78, 5) is 11.4. The summed E-state index contributed by atoms with van der Waals surface area (Å²) >= 11 is 3.41. The van der Waals surface area contributed by atoms with Gasteiger partial charge in [0.25, 0.3) is 0 Å². The normalized spacial score (nSPS) is 10.8. The van der Waals surface area contributed by atoms with Crippen LogP contribution in [0.4, 0.5) is 4.79 Å². The molecule has 0 aliphatic rings. The molecule has 116 valence electrons. The molecule has 1 aromatic rings. The third kappa shape index (κ3) is 8.58. The van der Waals surface area contributed by atoms with Gasteiger partial charge in [-0.2, -0.15) is 0 Å². The summed E-state index contributed by atoms with van der Waals surface area (Å²) in [6.45, 7) is 7.85. The Morgan fingerprint density at radius 3 is 2.75 bits per heavy atom. The topological polar surface area (TPSA) is 47.1 Å². The standard InChI is InChI=1S/C13H22BrN3O2.BrH/c1-13(2,3)19-12(18)15-6-8-17-10-9-16(11-17)7-4-5-14;/h9-11H,4-8H2,1-3H3;1H. The number of nitrogens with zero attached hydrogens (tertiary/aromatic N) is 2. The number of nitrogens with one attached hydrogen (secondary N) is 1. The first kappa shape index (κ1) is 19.4. The largest absolute Gasteiger partial charge is 1.00 e. The Bertz CT molecular complexity index is 403. The number of halogens is 2. The third-order valence-electron chi connectivity index (χ3n) is 2.33. The molecule has 0 spiro atoms. The van der Waals surface area contributed by atoms with Gasteiger partial charge in [-0.25, -0.2) is 13.9 Å². The highest BCUT2D eigenvalue weighted by Gasteiger charge is 2.15. The highest BCUT2D eigenvalue weighted by Crippen LogP contribution is 2.05. The number of carbonyl (C=O) groups excluding carboxylic acids is 1.